The molecule has 4 unspecified atom stereocenters. The summed E-state index contributed by atoms with van der Waals surface area (Å²) in [6, 6.07) is 4.50. The molecule has 4 rings (SSSR count). The standard InChI is InChI=1S/C22H22O7.C5H11NO3/c1-11-13(4-3-5-18(11)29-2)21(27)19-16(9-23)20(26)14-7-6-12(17(25)10-24)8-15(14)22(19)28;6-3-1-5(8)9-2-4(3)7/h3-5,9,12,24,26,28H,6-8,10H2,1-2H3;3-5,7-8H,1-2,6H2. The van der Waals surface area contributed by atoms with Crippen LogP contribution in [0.4, 0.5) is 0 Å². The van der Waals surface area contributed by atoms with E-state index in [-0.39, 0.29) is 59.3 Å². The summed E-state index contributed by atoms with van der Waals surface area (Å²) in [5.41, 5.74) is 6.16. The average Bonchev–Trinajstić information content (AvgIpc) is 2.92. The number of nitrogens with two attached hydrogens (primary N) is 1. The molecule has 11 nitrogen and oxygen atoms in total. The molecule has 1 fully saturated rings. The number of phenols is 2. The number of benzene rings is 2. The summed E-state index contributed by atoms with van der Waals surface area (Å²) >= 11 is 0. The molecule has 2 aromatic carbocycles. The zero-order valence-electron chi connectivity index (χ0n) is 21.2. The molecule has 0 amide bonds. The van der Waals surface area contributed by atoms with Crippen LogP contribution >= 0.6 is 0 Å². The van der Waals surface area contributed by atoms with Gasteiger partial charge in [-0.1, -0.05) is 12.1 Å². The molecule has 1 heterocycles. The van der Waals surface area contributed by atoms with Gasteiger partial charge in [0.1, 0.15) is 23.9 Å². The minimum atomic E-state index is -0.789. The van der Waals surface area contributed by atoms with Crippen LogP contribution in [0.2, 0.25) is 0 Å². The molecule has 1 saturated heterocycles. The van der Waals surface area contributed by atoms with E-state index in [0.29, 0.717) is 36.0 Å². The van der Waals surface area contributed by atoms with E-state index in [4.69, 9.17) is 25.8 Å². The van der Waals surface area contributed by atoms with Crippen LogP contribution in [0.3, 0.4) is 0 Å². The van der Waals surface area contributed by atoms with Crippen molar-refractivity contribution in [3.8, 4) is 17.2 Å². The normalized spacial score (nSPS) is 22.5. The molecule has 1 aliphatic heterocycles. The van der Waals surface area contributed by atoms with Crippen molar-refractivity contribution < 1.29 is 49.4 Å². The van der Waals surface area contributed by atoms with Gasteiger partial charge in [0.2, 0.25) is 0 Å². The van der Waals surface area contributed by atoms with Crippen molar-refractivity contribution in [3.63, 3.8) is 0 Å². The van der Waals surface area contributed by atoms with Crippen molar-refractivity contribution in [1.82, 2.24) is 0 Å². The first kappa shape index (κ1) is 29.2. The molecule has 0 saturated carbocycles. The number of Topliss-reactive ketones (excluding diaryl/α,β-unsaturated/α-hetero) is 1. The fraction of sp³-hybridized carbons (Fsp3) is 0.444. The molecule has 2 aromatic rings. The number of aliphatic hydroxyl groups excluding tert-OH is 3. The molecule has 206 valence electrons. The SMILES string of the molecule is COc1cccc(C(=O)c2c(O)c3c(c(O)c2C=O)CCC(C(=O)CO)C3)c1C.NC1CC(O)OCC1O. The third kappa shape index (κ3) is 5.87. The second kappa shape index (κ2) is 12.5. The molecule has 4 atom stereocenters. The van der Waals surface area contributed by atoms with Crippen LogP contribution in [0.5, 0.6) is 17.2 Å². The minimum Gasteiger partial charge on any atom is -0.507 e. The van der Waals surface area contributed by atoms with E-state index in [1.54, 1.807) is 25.1 Å². The molecule has 7 N–H and O–H groups in total. The largest absolute Gasteiger partial charge is 0.507 e. The Morgan fingerprint density at radius 2 is 1.89 bits per heavy atom. The van der Waals surface area contributed by atoms with Gasteiger partial charge in [-0.2, -0.15) is 0 Å². The number of aromatic hydroxyl groups is 2. The van der Waals surface area contributed by atoms with Gasteiger partial charge in [0, 0.05) is 40.6 Å². The van der Waals surface area contributed by atoms with E-state index in [1.807, 2.05) is 0 Å². The molecule has 38 heavy (non-hydrogen) atoms. The molecule has 0 aromatic heterocycles. The summed E-state index contributed by atoms with van der Waals surface area (Å²) in [6.45, 7) is 1.20. The van der Waals surface area contributed by atoms with Gasteiger partial charge in [0.15, 0.2) is 24.1 Å². The second-order valence-corrected chi connectivity index (χ2v) is 9.34. The fourth-order valence-corrected chi connectivity index (χ4v) is 4.76. The number of aldehydes is 1. The predicted octanol–water partition coefficient (Wildman–Crippen LogP) is 0.538. The number of rotatable bonds is 6. The van der Waals surface area contributed by atoms with Crippen LogP contribution in [-0.4, -0.2) is 82.1 Å². The Morgan fingerprint density at radius 1 is 1.18 bits per heavy atom. The summed E-state index contributed by atoms with van der Waals surface area (Å²) in [6.07, 6.45) is -0.0372. The van der Waals surface area contributed by atoms with Gasteiger partial charge in [-0.3, -0.25) is 14.4 Å². The van der Waals surface area contributed by atoms with Crippen molar-refractivity contribution in [3.05, 3.63) is 51.6 Å². The summed E-state index contributed by atoms with van der Waals surface area (Å²) in [5.74, 6) is -1.82. The molecular weight excluding hydrogens is 498 g/mol. The highest BCUT2D eigenvalue weighted by Gasteiger charge is 2.34. The van der Waals surface area contributed by atoms with Crippen LogP contribution in [-0.2, 0) is 22.4 Å². The van der Waals surface area contributed by atoms with E-state index in [1.165, 1.54) is 7.11 Å². The van der Waals surface area contributed by atoms with Crippen LogP contribution in [0.15, 0.2) is 18.2 Å². The Labute approximate surface area is 219 Å². The Bertz CT molecular complexity index is 1210. The highest BCUT2D eigenvalue weighted by molar-refractivity contribution is 6.16. The van der Waals surface area contributed by atoms with Crippen LogP contribution < -0.4 is 10.5 Å². The van der Waals surface area contributed by atoms with Gasteiger partial charge < -0.3 is 40.7 Å². The molecular formula is C27H33NO10. The van der Waals surface area contributed by atoms with E-state index >= 15 is 0 Å². The molecule has 1 aliphatic carbocycles. The molecule has 0 bridgehead atoms. The van der Waals surface area contributed by atoms with Gasteiger partial charge in [-0.25, -0.2) is 0 Å². The number of hydrogen-bond donors (Lipinski definition) is 6. The maximum atomic E-state index is 13.3. The van der Waals surface area contributed by atoms with Gasteiger partial charge >= 0.3 is 0 Å². The molecule has 0 radical (unpaired) electrons. The lowest BCUT2D eigenvalue weighted by Gasteiger charge is -2.27. The Hall–Kier alpha value is -3.35. The smallest absolute Gasteiger partial charge is 0.198 e. The number of carbonyl (C=O) groups excluding carboxylic acids is 3. The third-order valence-electron chi connectivity index (χ3n) is 7.02. The average molecular weight is 532 g/mol. The first-order valence-electron chi connectivity index (χ1n) is 12.2. The van der Waals surface area contributed by atoms with Crippen LogP contribution in [0.1, 0.15) is 55.8 Å². The summed E-state index contributed by atoms with van der Waals surface area (Å²) in [4.78, 5) is 36.9. The van der Waals surface area contributed by atoms with E-state index < -0.39 is 36.5 Å². The maximum absolute atomic E-state index is 13.3. The van der Waals surface area contributed by atoms with Gasteiger partial charge in [-0.15, -0.1) is 0 Å². The lowest BCUT2D eigenvalue weighted by molar-refractivity contribution is -0.162. The van der Waals surface area contributed by atoms with Crippen molar-refractivity contribution in [2.75, 3.05) is 20.3 Å². The van der Waals surface area contributed by atoms with Crippen LogP contribution in [0, 0.1) is 12.8 Å². The number of carbonyl (C=O) groups is 3. The van der Waals surface area contributed by atoms with Crippen molar-refractivity contribution >= 4 is 17.9 Å². The molecule has 2 aliphatic rings. The number of fused-ring (bicyclic) bond motifs is 1. The lowest BCUT2D eigenvalue weighted by Crippen LogP contribution is -2.46. The third-order valence-corrected chi connectivity index (χ3v) is 7.02. The first-order valence-corrected chi connectivity index (χ1v) is 12.2. The van der Waals surface area contributed by atoms with E-state index in [9.17, 15) is 24.6 Å². The van der Waals surface area contributed by atoms with Gasteiger partial charge in [-0.05, 0) is 32.3 Å². The first-order chi connectivity index (χ1) is 18.0. The summed E-state index contributed by atoms with van der Waals surface area (Å²) < 4.78 is 9.92. The zero-order chi connectivity index (χ0) is 28.1. The van der Waals surface area contributed by atoms with Crippen molar-refractivity contribution in [2.24, 2.45) is 11.7 Å². The van der Waals surface area contributed by atoms with E-state index in [0.717, 1.165) is 0 Å². The number of methoxy groups -OCH3 is 1. The van der Waals surface area contributed by atoms with Gasteiger partial charge in [0.05, 0.1) is 30.9 Å². The lowest BCUT2D eigenvalue weighted by atomic mass is 9.78. The van der Waals surface area contributed by atoms with Crippen molar-refractivity contribution in [2.45, 2.75) is 51.0 Å². The number of ether oxygens (including phenoxy) is 2. The Balaban J connectivity index is 0.000000375. The topological polar surface area (TPSA) is 197 Å². The quantitative estimate of drug-likeness (QED) is 0.173. The minimum absolute atomic E-state index is 0.0740. The van der Waals surface area contributed by atoms with Crippen LogP contribution in [0.25, 0.3) is 0 Å². The Morgan fingerprint density at radius 3 is 2.47 bits per heavy atom. The van der Waals surface area contributed by atoms with E-state index in [2.05, 4.69) is 4.74 Å². The predicted molar refractivity (Wildman–Crippen MR) is 134 cm³/mol. The van der Waals surface area contributed by atoms with Gasteiger partial charge in [0.25, 0.3) is 0 Å². The van der Waals surface area contributed by atoms with Crippen molar-refractivity contribution in [1.29, 1.82) is 0 Å². The number of hydrogen-bond acceptors (Lipinski definition) is 11. The Kier molecular flexibility index (Phi) is 9.58. The zero-order valence-corrected chi connectivity index (χ0v) is 21.2. The number of ketones is 2. The highest BCUT2D eigenvalue weighted by Crippen LogP contribution is 2.43. The fourth-order valence-electron chi connectivity index (χ4n) is 4.76. The summed E-state index contributed by atoms with van der Waals surface area (Å²) in [5, 5.41) is 48.4. The number of aliphatic hydroxyl groups is 3. The maximum Gasteiger partial charge on any atom is 0.198 e. The highest BCUT2D eigenvalue weighted by atomic mass is 16.6. The molecule has 0 spiro atoms. The summed E-state index contributed by atoms with van der Waals surface area (Å²) in [7, 11) is 1.47. The second-order valence-electron chi connectivity index (χ2n) is 9.34. The number of phenolic OH excluding ortho intramolecular Hbond substituents is 2. The monoisotopic (exact) mass is 531 g/mol. The molecule has 11 heteroatoms.